The smallest absolute Gasteiger partial charge is 0.257 e. The molecule has 1 saturated heterocycles. The molecule has 6 heteroatoms. The zero-order valence-electron chi connectivity index (χ0n) is 13.3. The molecule has 1 aliphatic heterocycles. The number of hydrogen-bond donors (Lipinski definition) is 1. The van der Waals surface area contributed by atoms with Gasteiger partial charge < -0.3 is 10.2 Å². The summed E-state index contributed by atoms with van der Waals surface area (Å²) in [6.45, 7) is 1.94. The highest BCUT2D eigenvalue weighted by molar-refractivity contribution is 5.97. The van der Waals surface area contributed by atoms with Crippen LogP contribution in [0.5, 0.6) is 0 Å². The predicted molar refractivity (Wildman–Crippen MR) is 88.0 cm³/mol. The van der Waals surface area contributed by atoms with Crippen LogP contribution in [0.2, 0.25) is 0 Å². The Bertz CT molecular complexity index is 764. The number of likely N-dealkylation sites (tertiary alicyclic amines) is 1. The first-order chi connectivity index (χ1) is 11.6. The minimum absolute atomic E-state index is 0.0257. The Morgan fingerprint density at radius 2 is 2.00 bits per heavy atom. The Morgan fingerprint density at radius 1 is 1.25 bits per heavy atom. The second-order valence-electron chi connectivity index (χ2n) is 5.81. The Hall–Kier alpha value is -2.76. The van der Waals surface area contributed by atoms with Crippen molar-refractivity contribution in [2.75, 3.05) is 11.9 Å². The summed E-state index contributed by atoms with van der Waals surface area (Å²) in [5.74, 6) is -1.22. The lowest BCUT2D eigenvalue weighted by atomic mass is 10.1. The van der Waals surface area contributed by atoms with Crippen molar-refractivity contribution >= 4 is 17.5 Å². The lowest BCUT2D eigenvalue weighted by molar-refractivity contribution is -0.114. The molecular formula is C18H18FN3O2. The zero-order valence-corrected chi connectivity index (χ0v) is 13.3. The summed E-state index contributed by atoms with van der Waals surface area (Å²) in [6.07, 6.45) is 5.08. The lowest BCUT2D eigenvalue weighted by Gasteiger charge is -2.25. The largest absolute Gasteiger partial charge is 0.332 e. The fourth-order valence-electron chi connectivity index (χ4n) is 3.07. The number of halogens is 1. The van der Waals surface area contributed by atoms with E-state index in [-0.39, 0.29) is 23.4 Å². The molecule has 0 aliphatic carbocycles. The Kier molecular flexibility index (Phi) is 4.55. The van der Waals surface area contributed by atoms with Gasteiger partial charge in [-0.2, -0.15) is 0 Å². The first kappa shape index (κ1) is 16.1. The third-order valence-electron chi connectivity index (χ3n) is 4.12. The maximum absolute atomic E-state index is 14.2. The summed E-state index contributed by atoms with van der Waals surface area (Å²) in [4.78, 5) is 29.7. The summed E-state index contributed by atoms with van der Waals surface area (Å²) < 4.78 is 14.2. The highest BCUT2D eigenvalue weighted by Gasteiger charge is 2.31. The van der Waals surface area contributed by atoms with Crippen LogP contribution in [-0.2, 0) is 4.79 Å². The molecule has 1 fully saturated rings. The molecule has 24 heavy (non-hydrogen) atoms. The summed E-state index contributed by atoms with van der Waals surface area (Å²) in [7, 11) is 0. The first-order valence-corrected chi connectivity index (χ1v) is 7.84. The van der Waals surface area contributed by atoms with Gasteiger partial charge in [0.2, 0.25) is 5.91 Å². The van der Waals surface area contributed by atoms with Crippen molar-refractivity contribution in [2.24, 2.45) is 0 Å². The van der Waals surface area contributed by atoms with Crippen LogP contribution in [0.4, 0.5) is 10.1 Å². The molecule has 124 valence electrons. The second kappa shape index (κ2) is 6.78. The number of amides is 2. The van der Waals surface area contributed by atoms with Gasteiger partial charge in [0.05, 0.1) is 11.6 Å². The Morgan fingerprint density at radius 3 is 2.71 bits per heavy atom. The van der Waals surface area contributed by atoms with E-state index in [1.807, 2.05) is 12.1 Å². The molecule has 1 atom stereocenters. The molecule has 2 heterocycles. The minimum Gasteiger partial charge on any atom is -0.332 e. The van der Waals surface area contributed by atoms with Crippen molar-refractivity contribution in [3.8, 4) is 0 Å². The van der Waals surface area contributed by atoms with Crippen LogP contribution in [0.1, 0.15) is 41.7 Å². The molecular weight excluding hydrogens is 309 g/mol. The van der Waals surface area contributed by atoms with Crippen LogP contribution in [0, 0.1) is 5.82 Å². The quantitative estimate of drug-likeness (QED) is 0.942. The maximum Gasteiger partial charge on any atom is 0.257 e. The van der Waals surface area contributed by atoms with Crippen molar-refractivity contribution in [2.45, 2.75) is 25.8 Å². The van der Waals surface area contributed by atoms with Gasteiger partial charge >= 0.3 is 0 Å². The van der Waals surface area contributed by atoms with Gasteiger partial charge in [0.25, 0.3) is 5.91 Å². The average Bonchev–Trinajstić information content (AvgIpc) is 3.06. The van der Waals surface area contributed by atoms with Crippen molar-refractivity contribution < 1.29 is 14.0 Å². The molecule has 1 aromatic carbocycles. The summed E-state index contributed by atoms with van der Waals surface area (Å²) >= 11 is 0. The average molecular weight is 327 g/mol. The number of rotatable bonds is 3. The van der Waals surface area contributed by atoms with Crippen LogP contribution in [0.3, 0.4) is 0 Å². The fourth-order valence-corrected chi connectivity index (χ4v) is 3.07. The molecule has 2 aromatic rings. The van der Waals surface area contributed by atoms with Crippen LogP contribution < -0.4 is 5.32 Å². The number of anilines is 1. The summed E-state index contributed by atoms with van der Waals surface area (Å²) in [5.41, 5.74) is 1.38. The SMILES string of the molecule is CC(=O)Nc1ccc(F)c(C(=O)N2CCCC2c2ccncc2)c1. The van der Waals surface area contributed by atoms with E-state index in [9.17, 15) is 14.0 Å². The number of aromatic nitrogens is 1. The Labute approximate surface area is 139 Å². The van der Waals surface area contributed by atoms with Crippen molar-refractivity contribution in [1.29, 1.82) is 0 Å². The van der Waals surface area contributed by atoms with E-state index in [1.165, 1.54) is 25.1 Å². The van der Waals surface area contributed by atoms with Gasteiger partial charge in [-0.1, -0.05) is 0 Å². The zero-order chi connectivity index (χ0) is 17.1. The van der Waals surface area contributed by atoms with Crippen molar-refractivity contribution in [3.05, 3.63) is 59.7 Å². The molecule has 2 amide bonds. The van der Waals surface area contributed by atoms with Gasteiger partial charge in [-0.15, -0.1) is 0 Å². The number of pyridine rings is 1. The topological polar surface area (TPSA) is 62.3 Å². The van der Waals surface area contributed by atoms with E-state index in [4.69, 9.17) is 0 Å². The standard InChI is InChI=1S/C18H18FN3O2/c1-12(23)21-14-4-5-16(19)15(11-14)18(24)22-10-2-3-17(22)13-6-8-20-9-7-13/h4-9,11,17H,2-3,10H2,1H3,(H,21,23). The number of carbonyl (C=O) groups is 2. The van der Waals surface area contributed by atoms with Gasteiger partial charge in [-0.3, -0.25) is 14.6 Å². The van der Waals surface area contributed by atoms with Gasteiger partial charge in [0.15, 0.2) is 0 Å². The van der Waals surface area contributed by atoms with E-state index in [1.54, 1.807) is 17.3 Å². The van der Waals surface area contributed by atoms with Crippen molar-refractivity contribution in [3.63, 3.8) is 0 Å². The molecule has 1 aliphatic rings. The number of nitrogens with zero attached hydrogens (tertiary/aromatic N) is 2. The number of carbonyl (C=O) groups excluding carboxylic acids is 2. The third kappa shape index (κ3) is 3.27. The molecule has 1 aromatic heterocycles. The molecule has 0 radical (unpaired) electrons. The van der Waals surface area contributed by atoms with Crippen molar-refractivity contribution in [1.82, 2.24) is 9.88 Å². The molecule has 1 N–H and O–H groups in total. The Balaban J connectivity index is 1.89. The number of nitrogens with one attached hydrogen (secondary N) is 1. The lowest BCUT2D eigenvalue weighted by Crippen LogP contribution is -2.31. The predicted octanol–water partition coefficient (Wildman–Crippen LogP) is 3.16. The van der Waals surface area contributed by atoms with Crippen LogP contribution >= 0.6 is 0 Å². The molecule has 0 spiro atoms. The van der Waals surface area contributed by atoms with Gasteiger partial charge in [-0.25, -0.2) is 4.39 Å². The third-order valence-corrected chi connectivity index (χ3v) is 4.12. The van der Waals surface area contributed by atoms with E-state index in [0.29, 0.717) is 12.2 Å². The highest BCUT2D eigenvalue weighted by Crippen LogP contribution is 2.33. The van der Waals surface area contributed by atoms with Crippen LogP contribution in [0.15, 0.2) is 42.7 Å². The molecule has 1 unspecified atom stereocenters. The number of hydrogen-bond acceptors (Lipinski definition) is 3. The van der Waals surface area contributed by atoms with E-state index in [2.05, 4.69) is 10.3 Å². The molecule has 0 bridgehead atoms. The summed E-state index contributed by atoms with van der Waals surface area (Å²) in [5, 5.41) is 2.58. The number of benzene rings is 1. The van der Waals surface area contributed by atoms with Crippen LogP contribution in [0.25, 0.3) is 0 Å². The van der Waals surface area contributed by atoms with Gasteiger partial charge in [-0.05, 0) is 48.7 Å². The molecule has 0 saturated carbocycles. The highest BCUT2D eigenvalue weighted by atomic mass is 19.1. The van der Waals surface area contributed by atoms with E-state index < -0.39 is 5.82 Å². The minimum atomic E-state index is -0.588. The summed E-state index contributed by atoms with van der Waals surface area (Å²) in [6, 6.07) is 7.71. The van der Waals surface area contributed by atoms with Gasteiger partial charge in [0, 0.05) is 31.5 Å². The molecule has 5 nitrogen and oxygen atoms in total. The van der Waals surface area contributed by atoms with Crippen LogP contribution in [-0.4, -0.2) is 28.2 Å². The fraction of sp³-hybridized carbons (Fsp3) is 0.278. The van der Waals surface area contributed by atoms with E-state index >= 15 is 0 Å². The monoisotopic (exact) mass is 327 g/mol. The first-order valence-electron chi connectivity index (χ1n) is 7.84. The normalized spacial score (nSPS) is 16.9. The maximum atomic E-state index is 14.2. The second-order valence-corrected chi connectivity index (χ2v) is 5.81. The van der Waals surface area contributed by atoms with E-state index in [0.717, 1.165) is 18.4 Å². The molecule has 3 rings (SSSR count). The van der Waals surface area contributed by atoms with Gasteiger partial charge in [0.1, 0.15) is 5.82 Å².